The van der Waals surface area contributed by atoms with Crippen LogP contribution in [0.2, 0.25) is 0 Å². The van der Waals surface area contributed by atoms with Crippen LogP contribution in [-0.2, 0) is 16.0 Å². The number of carboxylic acids is 1. The molecule has 23 heavy (non-hydrogen) atoms. The van der Waals surface area contributed by atoms with Crippen molar-refractivity contribution in [2.75, 3.05) is 13.6 Å². The van der Waals surface area contributed by atoms with E-state index in [1.807, 2.05) is 11.9 Å². The lowest BCUT2D eigenvalue weighted by Gasteiger charge is -2.24. The van der Waals surface area contributed by atoms with Crippen LogP contribution in [-0.4, -0.2) is 52.7 Å². The topological polar surface area (TPSA) is 89.9 Å². The van der Waals surface area contributed by atoms with Gasteiger partial charge in [-0.25, -0.2) is 4.79 Å². The van der Waals surface area contributed by atoms with Gasteiger partial charge in [0, 0.05) is 12.5 Å². The van der Waals surface area contributed by atoms with Gasteiger partial charge in [0.15, 0.2) is 0 Å². The normalized spacial score (nSPS) is 16.4. The summed E-state index contributed by atoms with van der Waals surface area (Å²) in [6, 6.07) is 5.77. The smallest absolute Gasteiger partial charge is 0.326 e. The lowest BCUT2D eigenvalue weighted by molar-refractivity contribution is -0.142. The fourth-order valence-electron chi connectivity index (χ4n) is 3.01. The second-order valence-electron chi connectivity index (χ2n) is 6.18. The molecule has 1 fully saturated rings. The summed E-state index contributed by atoms with van der Waals surface area (Å²) in [4.78, 5) is 25.5. The summed E-state index contributed by atoms with van der Waals surface area (Å²) in [5, 5.41) is 21.2. The molecule has 0 aromatic heterocycles. The van der Waals surface area contributed by atoms with E-state index in [9.17, 15) is 19.8 Å². The largest absolute Gasteiger partial charge is 0.508 e. The number of phenolic OH excluding ortho intramolecular Hbond substituents is 1. The van der Waals surface area contributed by atoms with Crippen LogP contribution in [0.3, 0.4) is 0 Å². The Kier molecular flexibility index (Phi) is 5.98. The van der Waals surface area contributed by atoms with Gasteiger partial charge in [-0.15, -0.1) is 0 Å². The molecule has 2 rings (SSSR count). The van der Waals surface area contributed by atoms with Crippen LogP contribution in [0.1, 0.15) is 31.2 Å². The molecule has 1 aliphatic carbocycles. The third kappa shape index (κ3) is 5.25. The fourth-order valence-corrected chi connectivity index (χ4v) is 3.01. The number of aromatic hydroxyl groups is 1. The minimum absolute atomic E-state index is 0.128. The Morgan fingerprint density at radius 2 is 1.87 bits per heavy atom. The number of amides is 1. The molecule has 1 aromatic rings. The lowest BCUT2D eigenvalue weighted by atomic mass is 10.1. The zero-order valence-electron chi connectivity index (χ0n) is 13.4. The second kappa shape index (κ2) is 7.97. The van der Waals surface area contributed by atoms with Crippen molar-refractivity contribution >= 4 is 11.9 Å². The average Bonchev–Trinajstić information content (AvgIpc) is 3.03. The maximum Gasteiger partial charge on any atom is 0.326 e. The predicted octanol–water partition coefficient (Wildman–Crippen LogP) is 1.38. The van der Waals surface area contributed by atoms with E-state index in [0.29, 0.717) is 6.04 Å². The number of carboxylic acid groups (broad SMARTS) is 1. The molecular weight excluding hydrogens is 296 g/mol. The van der Waals surface area contributed by atoms with Crippen molar-refractivity contribution in [1.82, 2.24) is 10.2 Å². The van der Waals surface area contributed by atoms with E-state index in [2.05, 4.69) is 5.32 Å². The molecule has 126 valence electrons. The molecule has 0 unspecified atom stereocenters. The standard InChI is InChI=1S/C17H24N2O4/c1-19(13-4-2-3-5-13)11-16(21)18-15(17(22)23)10-12-6-8-14(20)9-7-12/h6-9,13,15,20H,2-5,10-11H2,1H3,(H,18,21)(H,22,23)/t15-/m0/s1. The van der Waals surface area contributed by atoms with E-state index in [1.54, 1.807) is 12.1 Å². The zero-order chi connectivity index (χ0) is 16.8. The molecule has 0 radical (unpaired) electrons. The molecule has 0 saturated heterocycles. The van der Waals surface area contributed by atoms with Crippen molar-refractivity contribution < 1.29 is 19.8 Å². The van der Waals surface area contributed by atoms with Crippen molar-refractivity contribution in [2.24, 2.45) is 0 Å². The van der Waals surface area contributed by atoms with Gasteiger partial charge in [0.25, 0.3) is 0 Å². The highest BCUT2D eigenvalue weighted by molar-refractivity contribution is 5.84. The van der Waals surface area contributed by atoms with Gasteiger partial charge in [0.1, 0.15) is 11.8 Å². The second-order valence-corrected chi connectivity index (χ2v) is 6.18. The van der Waals surface area contributed by atoms with Crippen LogP contribution in [0.15, 0.2) is 24.3 Å². The van der Waals surface area contributed by atoms with Crippen LogP contribution in [0.5, 0.6) is 5.75 Å². The van der Waals surface area contributed by atoms with Gasteiger partial charge in [-0.3, -0.25) is 9.69 Å². The number of hydrogen-bond donors (Lipinski definition) is 3. The molecule has 6 nitrogen and oxygen atoms in total. The molecule has 1 amide bonds. The van der Waals surface area contributed by atoms with E-state index in [-0.39, 0.29) is 24.6 Å². The SMILES string of the molecule is CN(CC(=O)N[C@@H](Cc1ccc(O)cc1)C(=O)O)C1CCCC1. The number of hydrogen-bond acceptors (Lipinski definition) is 4. The number of nitrogens with one attached hydrogen (secondary N) is 1. The molecule has 1 atom stereocenters. The maximum atomic E-state index is 12.1. The zero-order valence-corrected chi connectivity index (χ0v) is 13.4. The van der Waals surface area contributed by atoms with Crippen LogP contribution in [0.25, 0.3) is 0 Å². The number of benzene rings is 1. The van der Waals surface area contributed by atoms with Gasteiger partial charge in [-0.05, 0) is 37.6 Å². The fraction of sp³-hybridized carbons (Fsp3) is 0.529. The van der Waals surface area contributed by atoms with E-state index in [4.69, 9.17) is 0 Å². The Balaban J connectivity index is 1.89. The molecule has 1 aliphatic rings. The first-order valence-electron chi connectivity index (χ1n) is 7.96. The highest BCUT2D eigenvalue weighted by Crippen LogP contribution is 2.22. The van der Waals surface area contributed by atoms with Gasteiger partial charge >= 0.3 is 5.97 Å². The Labute approximate surface area is 136 Å². The number of aliphatic carboxylic acids is 1. The minimum atomic E-state index is -1.06. The molecule has 6 heteroatoms. The van der Waals surface area contributed by atoms with Crippen molar-refractivity contribution in [3.63, 3.8) is 0 Å². The van der Waals surface area contributed by atoms with E-state index >= 15 is 0 Å². The summed E-state index contributed by atoms with van der Waals surface area (Å²) in [7, 11) is 1.91. The number of phenols is 1. The highest BCUT2D eigenvalue weighted by atomic mass is 16.4. The van der Waals surface area contributed by atoms with E-state index < -0.39 is 12.0 Å². The average molecular weight is 320 g/mol. The predicted molar refractivity (Wildman–Crippen MR) is 86.3 cm³/mol. The van der Waals surface area contributed by atoms with Crippen LogP contribution < -0.4 is 5.32 Å². The van der Waals surface area contributed by atoms with Gasteiger partial charge < -0.3 is 15.5 Å². The number of rotatable bonds is 7. The molecule has 0 bridgehead atoms. The Hall–Kier alpha value is -2.08. The van der Waals surface area contributed by atoms with Crippen LogP contribution >= 0.6 is 0 Å². The summed E-state index contributed by atoms with van der Waals surface area (Å²) >= 11 is 0. The summed E-state index contributed by atoms with van der Waals surface area (Å²) in [6.45, 7) is 0.212. The molecule has 0 heterocycles. The first-order chi connectivity index (χ1) is 11.0. The minimum Gasteiger partial charge on any atom is -0.508 e. The third-order valence-corrected chi connectivity index (χ3v) is 4.35. The van der Waals surface area contributed by atoms with Crippen molar-refractivity contribution in [3.05, 3.63) is 29.8 Å². The number of likely N-dealkylation sites (N-methyl/N-ethyl adjacent to an activating group) is 1. The summed E-state index contributed by atoms with van der Waals surface area (Å²) in [6.07, 6.45) is 4.76. The first-order valence-corrected chi connectivity index (χ1v) is 7.96. The Morgan fingerprint density at radius 3 is 2.43 bits per heavy atom. The van der Waals surface area contributed by atoms with Gasteiger partial charge in [-0.2, -0.15) is 0 Å². The van der Waals surface area contributed by atoms with Crippen LogP contribution in [0, 0.1) is 0 Å². The number of carbonyl (C=O) groups excluding carboxylic acids is 1. The maximum absolute atomic E-state index is 12.1. The molecule has 0 spiro atoms. The Bertz CT molecular complexity index is 538. The Morgan fingerprint density at radius 1 is 1.26 bits per heavy atom. The molecule has 1 aromatic carbocycles. The van der Waals surface area contributed by atoms with Crippen molar-refractivity contribution in [3.8, 4) is 5.75 Å². The van der Waals surface area contributed by atoms with Crippen LogP contribution in [0.4, 0.5) is 0 Å². The summed E-state index contributed by atoms with van der Waals surface area (Å²) < 4.78 is 0. The van der Waals surface area contributed by atoms with E-state index in [1.165, 1.54) is 25.0 Å². The number of nitrogens with zero attached hydrogens (tertiary/aromatic N) is 1. The van der Waals surface area contributed by atoms with E-state index in [0.717, 1.165) is 18.4 Å². The van der Waals surface area contributed by atoms with Gasteiger partial charge in [0.2, 0.25) is 5.91 Å². The third-order valence-electron chi connectivity index (χ3n) is 4.35. The molecule has 0 aliphatic heterocycles. The molecule has 1 saturated carbocycles. The van der Waals surface area contributed by atoms with Crippen molar-refractivity contribution in [1.29, 1.82) is 0 Å². The van der Waals surface area contributed by atoms with Crippen molar-refractivity contribution in [2.45, 2.75) is 44.2 Å². The lowest BCUT2D eigenvalue weighted by Crippen LogP contribution is -2.47. The number of carbonyl (C=O) groups is 2. The quantitative estimate of drug-likeness (QED) is 0.706. The van der Waals surface area contributed by atoms with Gasteiger partial charge in [-0.1, -0.05) is 25.0 Å². The summed E-state index contributed by atoms with van der Waals surface area (Å²) in [5.41, 5.74) is 0.750. The molecular formula is C17H24N2O4. The molecule has 3 N–H and O–H groups in total. The van der Waals surface area contributed by atoms with Gasteiger partial charge in [0.05, 0.1) is 6.54 Å². The monoisotopic (exact) mass is 320 g/mol. The first kappa shape index (κ1) is 17.3. The summed E-state index contributed by atoms with van der Waals surface area (Å²) in [5.74, 6) is -1.21. The highest BCUT2D eigenvalue weighted by Gasteiger charge is 2.24.